The average Bonchev–Trinajstić information content (AvgIpc) is 3.44. The van der Waals surface area contributed by atoms with Crippen molar-refractivity contribution in [3.63, 3.8) is 0 Å². The van der Waals surface area contributed by atoms with E-state index < -0.39 is 5.82 Å². The van der Waals surface area contributed by atoms with Crippen LogP contribution in [0.25, 0.3) is 0 Å². The quantitative estimate of drug-likeness (QED) is 0.271. The number of carbonyl (C=O) groups is 1. The number of benzene rings is 2. The molecule has 2 aromatic carbocycles. The van der Waals surface area contributed by atoms with Crippen molar-refractivity contribution in [1.82, 2.24) is 15.2 Å². The van der Waals surface area contributed by atoms with Crippen molar-refractivity contribution < 1.29 is 9.18 Å². The van der Waals surface area contributed by atoms with E-state index in [1.807, 2.05) is 5.38 Å². The molecule has 1 N–H and O–H groups in total. The monoisotopic (exact) mass is 499 g/mol. The van der Waals surface area contributed by atoms with Gasteiger partial charge in [0.2, 0.25) is 11.0 Å². The number of anilines is 4. The summed E-state index contributed by atoms with van der Waals surface area (Å²) in [7, 11) is 0. The number of rotatable bonds is 8. The van der Waals surface area contributed by atoms with Gasteiger partial charge in [0.25, 0.3) is 0 Å². The molecule has 6 nitrogen and oxygen atoms in total. The van der Waals surface area contributed by atoms with Crippen LogP contribution in [0.2, 0.25) is 0 Å². The van der Waals surface area contributed by atoms with Crippen molar-refractivity contribution in [2.75, 3.05) is 10.2 Å². The first kappa shape index (κ1) is 23.3. The Morgan fingerprint density at radius 1 is 1.18 bits per heavy atom. The third-order valence-electron chi connectivity index (χ3n) is 4.86. The van der Waals surface area contributed by atoms with E-state index in [0.717, 1.165) is 27.3 Å². The third-order valence-corrected chi connectivity index (χ3v) is 7.74. The lowest BCUT2D eigenvalue weighted by molar-refractivity contribution is -0.115. The Morgan fingerprint density at radius 3 is 2.76 bits per heavy atom. The number of nitrogens with zero attached hydrogens (tertiary/aromatic N) is 4. The second-order valence-electron chi connectivity index (χ2n) is 7.18. The molecule has 2 heterocycles. The van der Waals surface area contributed by atoms with Gasteiger partial charge in [0.15, 0.2) is 9.47 Å². The zero-order valence-corrected chi connectivity index (χ0v) is 20.8. The minimum absolute atomic E-state index is 0.195. The summed E-state index contributed by atoms with van der Waals surface area (Å²) >= 11 is 4.31. The van der Waals surface area contributed by atoms with Crippen LogP contribution in [0.5, 0.6) is 0 Å². The van der Waals surface area contributed by atoms with Crippen molar-refractivity contribution >= 4 is 62.0 Å². The molecule has 0 unspecified atom stereocenters. The van der Waals surface area contributed by atoms with Crippen LogP contribution in [0.1, 0.15) is 30.7 Å². The van der Waals surface area contributed by atoms with E-state index in [9.17, 15) is 9.18 Å². The fourth-order valence-electron chi connectivity index (χ4n) is 3.27. The predicted octanol–water partition coefficient (Wildman–Crippen LogP) is 6.73. The minimum atomic E-state index is -0.465. The van der Waals surface area contributed by atoms with Crippen LogP contribution in [-0.2, 0) is 17.0 Å². The number of thiazole rings is 1. The molecular weight excluding hydrogens is 477 g/mol. The molecule has 0 aliphatic heterocycles. The Morgan fingerprint density at radius 2 is 2.00 bits per heavy atom. The maximum Gasteiger partial charge on any atom is 0.230 e. The van der Waals surface area contributed by atoms with Gasteiger partial charge in [-0.15, -0.1) is 21.5 Å². The van der Waals surface area contributed by atoms with Crippen LogP contribution in [0.15, 0.2) is 52.2 Å². The Bertz CT molecular complexity index is 1270. The molecule has 2 aromatic heterocycles. The normalized spacial score (nSPS) is 10.9. The highest BCUT2D eigenvalue weighted by Crippen LogP contribution is 2.35. The molecule has 0 fully saturated rings. The predicted molar refractivity (Wildman–Crippen MR) is 135 cm³/mol. The standard InChI is InChI=1S/C23H22FN5OS3/c1-4-16-9-7-8-14(2)20(16)26-21-27-28-23(33-21)32-13-17-12-31-22(25-17)29(15(3)30)19-11-6-5-10-18(19)24/h5-12H,4,13H2,1-3H3,(H,26,27). The van der Waals surface area contributed by atoms with Crippen molar-refractivity contribution in [1.29, 1.82) is 0 Å². The number of para-hydroxylation sites is 2. The average molecular weight is 500 g/mol. The van der Waals surface area contributed by atoms with E-state index in [-0.39, 0.29) is 11.6 Å². The van der Waals surface area contributed by atoms with Gasteiger partial charge in [0.1, 0.15) is 5.82 Å². The highest BCUT2D eigenvalue weighted by Gasteiger charge is 2.21. The van der Waals surface area contributed by atoms with Crippen molar-refractivity contribution in [3.05, 3.63) is 70.5 Å². The number of carbonyl (C=O) groups excluding carboxylic acids is 1. The number of thioether (sulfide) groups is 1. The van der Waals surface area contributed by atoms with Gasteiger partial charge in [-0.25, -0.2) is 9.37 Å². The molecule has 0 radical (unpaired) electrons. The van der Waals surface area contributed by atoms with E-state index >= 15 is 0 Å². The topological polar surface area (TPSA) is 71.0 Å². The highest BCUT2D eigenvalue weighted by atomic mass is 32.2. The zero-order chi connectivity index (χ0) is 23.4. The minimum Gasteiger partial charge on any atom is -0.330 e. The fourth-order valence-corrected chi connectivity index (χ4v) is 5.90. The molecular formula is C23H22FN5OS3. The van der Waals surface area contributed by atoms with Crippen LogP contribution in [0.4, 0.5) is 26.0 Å². The molecule has 0 aliphatic carbocycles. The smallest absolute Gasteiger partial charge is 0.230 e. The Hall–Kier alpha value is -2.82. The molecule has 4 rings (SSSR count). The van der Waals surface area contributed by atoms with Crippen LogP contribution in [0.3, 0.4) is 0 Å². The number of nitrogens with one attached hydrogen (secondary N) is 1. The molecule has 0 saturated carbocycles. The van der Waals surface area contributed by atoms with Gasteiger partial charge in [-0.05, 0) is 36.6 Å². The molecule has 10 heteroatoms. The van der Waals surface area contributed by atoms with Crippen LogP contribution in [-0.4, -0.2) is 21.1 Å². The fraction of sp³-hybridized carbons (Fsp3) is 0.217. The first-order chi connectivity index (χ1) is 16.0. The molecule has 1 amide bonds. The second kappa shape index (κ2) is 10.4. The summed E-state index contributed by atoms with van der Waals surface area (Å²) in [5.74, 6) is -0.192. The van der Waals surface area contributed by atoms with E-state index in [1.165, 1.54) is 63.5 Å². The summed E-state index contributed by atoms with van der Waals surface area (Å²) in [4.78, 5) is 18.1. The lowest BCUT2D eigenvalue weighted by Crippen LogP contribution is -2.23. The Balaban J connectivity index is 1.44. The molecule has 170 valence electrons. The lowest BCUT2D eigenvalue weighted by atomic mass is 10.1. The van der Waals surface area contributed by atoms with Gasteiger partial charge in [0.05, 0.1) is 11.4 Å². The number of hydrogen-bond donors (Lipinski definition) is 1. The SMILES string of the molecule is CCc1cccc(C)c1Nc1nnc(SCc2csc(N(C(C)=O)c3ccccc3F)n2)s1. The summed E-state index contributed by atoms with van der Waals surface area (Å²) in [5.41, 5.74) is 4.47. The van der Waals surface area contributed by atoms with Gasteiger partial charge in [-0.3, -0.25) is 9.69 Å². The number of amides is 1. The maximum atomic E-state index is 14.3. The Kier molecular flexibility index (Phi) is 7.36. The van der Waals surface area contributed by atoms with E-state index in [1.54, 1.807) is 18.2 Å². The van der Waals surface area contributed by atoms with Gasteiger partial charge in [0, 0.05) is 23.7 Å². The molecule has 0 bridgehead atoms. The molecule has 4 aromatic rings. The Labute approximate surface area is 203 Å². The third kappa shape index (κ3) is 5.40. The summed E-state index contributed by atoms with van der Waals surface area (Å²) in [6, 6.07) is 12.4. The number of halogens is 1. The summed E-state index contributed by atoms with van der Waals surface area (Å²) in [6.07, 6.45) is 0.931. The van der Waals surface area contributed by atoms with Gasteiger partial charge < -0.3 is 5.32 Å². The van der Waals surface area contributed by atoms with Crippen molar-refractivity contribution in [3.8, 4) is 0 Å². The molecule has 0 atom stereocenters. The zero-order valence-electron chi connectivity index (χ0n) is 18.3. The number of aromatic nitrogens is 3. The van der Waals surface area contributed by atoms with Gasteiger partial charge in [-0.2, -0.15) is 0 Å². The number of hydrogen-bond acceptors (Lipinski definition) is 8. The molecule has 0 spiro atoms. The van der Waals surface area contributed by atoms with Gasteiger partial charge >= 0.3 is 0 Å². The van der Waals surface area contributed by atoms with Gasteiger partial charge in [-0.1, -0.05) is 60.4 Å². The van der Waals surface area contributed by atoms with E-state index in [2.05, 4.69) is 52.5 Å². The van der Waals surface area contributed by atoms with Crippen LogP contribution < -0.4 is 10.2 Å². The lowest BCUT2D eigenvalue weighted by Gasteiger charge is -2.18. The molecule has 33 heavy (non-hydrogen) atoms. The molecule has 0 aliphatic rings. The van der Waals surface area contributed by atoms with Crippen molar-refractivity contribution in [2.24, 2.45) is 0 Å². The van der Waals surface area contributed by atoms with Crippen molar-refractivity contribution in [2.45, 2.75) is 37.3 Å². The first-order valence-electron chi connectivity index (χ1n) is 10.3. The highest BCUT2D eigenvalue weighted by molar-refractivity contribution is 8.00. The van der Waals surface area contributed by atoms with E-state index in [0.29, 0.717) is 10.9 Å². The largest absolute Gasteiger partial charge is 0.330 e. The van der Waals surface area contributed by atoms with Crippen LogP contribution in [0, 0.1) is 12.7 Å². The molecule has 0 saturated heterocycles. The summed E-state index contributed by atoms with van der Waals surface area (Å²) in [6.45, 7) is 5.60. The van der Waals surface area contributed by atoms with E-state index in [4.69, 9.17) is 0 Å². The van der Waals surface area contributed by atoms with Crippen LogP contribution >= 0.6 is 34.4 Å². The number of aryl methyl sites for hydroxylation is 2. The first-order valence-corrected chi connectivity index (χ1v) is 13.0. The summed E-state index contributed by atoms with van der Waals surface area (Å²) in [5, 5.41) is 15.0. The second-order valence-corrected chi connectivity index (χ2v) is 10.2. The summed E-state index contributed by atoms with van der Waals surface area (Å²) < 4.78 is 15.1. The maximum absolute atomic E-state index is 14.3.